The van der Waals surface area contributed by atoms with E-state index >= 15 is 0 Å². The van der Waals surface area contributed by atoms with Crippen LogP contribution in [0.25, 0.3) is 0 Å². The number of fused-ring (bicyclic) bond motifs is 6. The Labute approximate surface area is 268 Å². The minimum absolute atomic E-state index is 1.19. The van der Waals surface area contributed by atoms with E-state index in [9.17, 15) is 0 Å². The number of benzene rings is 6. The average molecular weight is 660 g/mol. The second kappa shape index (κ2) is 10.5. The Morgan fingerprint density at radius 3 is 0.977 bits per heavy atom. The fraction of sp³-hybridized carbons (Fsp3) is 0. The van der Waals surface area contributed by atoms with Crippen LogP contribution in [-0.4, -0.2) is 0 Å². The monoisotopic (exact) mass is 658 g/mol. The first-order chi connectivity index (χ1) is 21.3. The molecule has 3 N–H and O–H groups in total. The second-order valence-corrected chi connectivity index (χ2v) is 21.3. The third kappa shape index (κ3) is 4.41. The van der Waals surface area contributed by atoms with Gasteiger partial charge >= 0.3 is 271 Å². The number of nitrogens with one attached hydrogen (secondary N) is 3. The van der Waals surface area contributed by atoms with Gasteiger partial charge in [-0.1, -0.05) is 0 Å². The fourth-order valence-electron chi connectivity index (χ4n) is 6.65. The van der Waals surface area contributed by atoms with Crippen LogP contribution in [0.4, 0.5) is 34.1 Å². The molecule has 0 fully saturated rings. The van der Waals surface area contributed by atoms with Gasteiger partial charge in [0.1, 0.15) is 0 Å². The summed E-state index contributed by atoms with van der Waals surface area (Å²) < 4.78 is 4.41. The predicted molar refractivity (Wildman–Crippen MR) is 180 cm³/mol. The Morgan fingerprint density at radius 1 is 0.326 bits per heavy atom. The maximum absolute atomic E-state index is 3.90. The summed E-state index contributed by atoms with van der Waals surface area (Å²) in [5.74, 6) is 0. The van der Waals surface area contributed by atoms with Crippen LogP contribution < -0.4 is 28.4 Å². The third-order valence-electron chi connectivity index (χ3n) is 8.58. The van der Waals surface area contributed by atoms with Crippen molar-refractivity contribution in [2.75, 3.05) is 16.0 Å². The molecule has 0 bridgehead atoms. The average Bonchev–Trinajstić information content (AvgIpc) is 3.06. The molecule has 0 saturated heterocycles. The number of hydrogen-bond acceptors (Lipinski definition) is 6. The van der Waals surface area contributed by atoms with E-state index in [1.165, 1.54) is 76.0 Å². The van der Waals surface area contributed by atoms with Crippen molar-refractivity contribution in [2.24, 2.45) is 0 Å². The molecule has 0 saturated carbocycles. The first-order valence-corrected chi connectivity index (χ1v) is 21.4. The van der Waals surface area contributed by atoms with E-state index in [1.54, 1.807) is 0 Å². The molecule has 0 amide bonds. The Balaban J connectivity index is 1.27. The van der Waals surface area contributed by atoms with Crippen LogP contribution in [0.1, 0.15) is 0 Å². The van der Waals surface area contributed by atoms with Crippen molar-refractivity contribution in [2.45, 2.75) is 29.4 Å². The standard InChI is InChI=1S/3C12H8NS.Zn/c3*1-3-7-11-9(5-1)13-10-6-2-4-8-12(10)14-11;/h3*1-5,7-8,13H;. The van der Waals surface area contributed by atoms with Crippen molar-refractivity contribution in [1.29, 1.82) is 0 Å². The molecule has 6 aromatic rings. The SMILES string of the molecule is c1ccc2c(c1)Nc1c(ccc[c]1[Zn]([c]1cccc3c1Nc1ccccc1S3)[c]1cccc3c1Nc1ccccc1S3)S2. The van der Waals surface area contributed by atoms with Crippen molar-refractivity contribution in [3.05, 3.63) is 127 Å². The summed E-state index contributed by atoms with van der Waals surface area (Å²) >= 11 is 2.53. The molecule has 0 aliphatic carbocycles. The third-order valence-corrected chi connectivity index (χ3v) is 20.5. The minimum atomic E-state index is -3.10. The van der Waals surface area contributed by atoms with Gasteiger partial charge in [0.05, 0.1) is 0 Å². The number of para-hydroxylation sites is 6. The second-order valence-electron chi connectivity index (χ2n) is 11.1. The number of hydrogen-bond donors (Lipinski definition) is 3. The van der Waals surface area contributed by atoms with Gasteiger partial charge < -0.3 is 0 Å². The van der Waals surface area contributed by atoms with E-state index in [0.717, 1.165) is 0 Å². The van der Waals surface area contributed by atoms with Crippen LogP contribution in [0.5, 0.6) is 0 Å². The van der Waals surface area contributed by atoms with Crippen molar-refractivity contribution in [1.82, 2.24) is 0 Å². The van der Waals surface area contributed by atoms with Gasteiger partial charge in [-0.2, -0.15) is 0 Å². The van der Waals surface area contributed by atoms with Gasteiger partial charge in [-0.15, -0.1) is 0 Å². The van der Waals surface area contributed by atoms with E-state index in [-0.39, 0.29) is 0 Å². The Kier molecular flexibility index (Phi) is 6.33. The van der Waals surface area contributed by atoms with E-state index < -0.39 is 16.0 Å². The summed E-state index contributed by atoms with van der Waals surface area (Å²) in [6.07, 6.45) is 0. The Bertz CT molecular complexity index is 1840. The van der Waals surface area contributed by atoms with Crippen LogP contribution in [0, 0.1) is 0 Å². The Morgan fingerprint density at radius 2 is 0.628 bits per heavy atom. The molecule has 3 nitrogen and oxygen atoms in total. The van der Waals surface area contributed by atoms with E-state index in [4.69, 9.17) is 0 Å². The Hall–Kier alpha value is -3.61. The predicted octanol–water partition coefficient (Wildman–Crippen LogP) is 9.21. The molecule has 9 rings (SSSR count). The molecular formula is C36H24N3S3Zn. The molecule has 0 radical (unpaired) electrons. The summed E-state index contributed by atoms with van der Waals surface area (Å²) in [5, 5.41) is 11.7. The summed E-state index contributed by atoms with van der Waals surface area (Å²) in [6, 6.07) is 46.8. The normalized spacial score (nSPS) is 13.4. The molecule has 0 unspecified atom stereocenters. The maximum atomic E-state index is 3.90. The first kappa shape index (κ1) is 25.9. The molecule has 7 heteroatoms. The van der Waals surface area contributed by atoms with Crippen molar-refractivity contribution < 1.29 is 16.0 Å². The van der Waals surface area contributed by atoms with Crippen molar-refractivity contribution in [3.63, 3.8) is 0 Å². The van der Waals surface area contributed by atoms with Crippen LogP contribution in [0.3, 0.4) is 0 Å². The van der Waals surface area contributed by atoms with E-state index in [0.29, 0.717) is 0 Å². The number of rotatable bonds is 3. The number of anilines is 6. The van der Waals surface area contributed by atoms with Gasteiger partial charge in [-0.3, -0.25) is 0 Å². The van der Waals surface area contributed by atoms with Gasteiger partial charge in [0.2, 0.25) is 0 Å². The molecule has 3 aliphatic rings. The van der Waals surface area contributed by atoms with Gasteiger partial charge in [-0.25, -0.2) is 0 Å². The van der Waals surface area contributed by atoms with Crippen LogP contribution in [0.15, 0.2) is 157 Å². The zero-order valence-electron chi connectivity index (χ0n) is 23.1. The molecule has 43 heavy (non-hydrogen) atoms. The molecule has 3 heterocycles. The summed E-state index contributed by atoms with van der Waals surface area (Å²) in [5.41, 5.74) is 7.38. The van der Waals surface area contributed by atoms with Crippen LogP contribution in [0.2, 0.25) is 0 Å². The van der Waals surface area contributed by atoms with Gasteiger partial charge in [0, 0.05) is 0 Å². The molecular weight excluding hydrogens is 636 g/mol. The molecule has 3 aliphatic heterocycles. The first-order valence-electron chi connectivity index (χ1n) is 14.5. The summed E-state index contributed by atoms with van der Waals surface area (Å²) in [6.45, 7) is 0. The molecule has 0 atom stereocenters. The van der Waals surface area contributed by atoms with Crippen molar-refractivity contribution >= 4 is 81.9 Å². The van der Waals surface area contributed by atoms with E-state index in [1.807, 2.05) is 35.3 Å². The molecule has 0 spiro atoms. The van der Waals surface area contributed by atoms with Gasteiger partial charge in [0.25, 0.3) is 0 Å². The van der Waals surface area contributed by atoms with Crippen molar-refractivity contribution in [3.8, 4) is 0 Å². The van der Waals surface area contributed by atoms with Gasteiger partial charge in [0.15, 0.2) is 0 Å². The van der Waals surface area contributed by atoms with E-state index in [2.05, 4.69) is 143 Å². The summed E-state index contributed by atoms with van der Waals surface area (Å²) in [4.78, 5) is 7.72. The summed E-state index contributed by atoms with van der Waals surface area (Å²) in [7, 11) is 0. The molecule has 203 valence electrons. The van der Waals surface area contributed by atoms with Gasteiger partial charge in [-0.05, 0) is 0 Å². The quantitative estimate of drug-likeness (QED) is 0.164. The zero-order chi connectivity index (χ0) is 28.3. The molecule has 6 aromatic carbocycles. The zero-order valence-corrected chi connectivity index (χ0v) is 28.5. The topological polar surface area (TPSA) is 36.1 Å². The van der Waals surface area contributed by atoms with Crippen LogP contribution in [-0.2, 0) is 16.0 Å². The van der Waals surface area contributed by atoms with Crippen LogP contribution >= 0.6 is 35.3 Å². The fourth-order valence-corrected chi connectivity index (χ4v) is 19.5. The molecule has 0 aromatic heterocycles.